The number of fused-ring (bicyclic) bond motifs is 7. The van der Waals surface area contributed by atoms with Gasteiger partial charge in [0, 0.05) is 39.0 Å². The summed E-state index contributed by atoms with van der Waals surface area (Å²) in [4.78, 5) is 4.50. The topological polar surface area (TPSA) is 54.8 Å². The van der Waals surface area contributed by atoms with Gasteiger partial charge in [-0.15, -0.1) is 0 Å². The van der Waals surface area contributed by atoms with Crippen LogP contribution >= 0.6 is 0 Å². The zero-order valence-corrected chi connectivity index (χ0v) is 18.1. The lowest BCUT2D eigenvalue weighted by molar-refractivity contribution is 0.669. The van der Waals surface area contributed by atoms with Crippen LogP contribution in [0.25, 0.3) is 60.7 Å². The molecule has 0 atom stereocenters. The number of hydrogen-bond acceptors (Lipinski definition) is 3. The summed E-state index contributed by atoms with van der Waals surface area (Å²) in [5.41, 5.74) is 7.43. The van der Waals surface area contributed by atoms with Gasteiger partial charge in [-0.25, -0.2) is 0 Å². The third kappa shape index (κ3) is 2.61. The first-order chi connectivity index (χ1) is 16.8. The Bertz CT molecular complexity index is 1930. The standard InChI is InChI=1S/C30H17N3O/c31-18-19-14-15-32-24(16-19)20-6-5-7-21(17-20)33-25-10-3-1-8-22(25)29-26(33)12-13-28-30(29)23-9-2-4-11-27(23)34-28/h1-17H. The second-order valence-corrected chi connectivity index (χ2v) is 8.38. The highest BCUT2D eigenvalue weighted by Crippen LogP contribution is 2.41. The Kier molecular flexibility index (Phi) is 3.88. The Hall–Kier alpha value is -4.88. The molecule has 0 fully saturated rings. The Labute approximate surface area is 194 Å². The lowest BCUT2D eigenvalue weighted by Crippen LogP contribution is -1.94. The molecule has 158 valence electrons. The molecule has 4 nitrogen and oxygen atoms in total. The van der Waals surface area contributed by atoms with Crippen molar-refractivity contribution in [1.29, 1.82) is 5.26 Å². The minimum absolute atomic E-state index is 0.599. The molecule has 4 aromatic carbocycles. The maximum absolute atomic E-state index is 9.30. The van der Waals surface area contributed by atoms with Crippen molar-refractivity contribution >= 4 is 43.7 Å². The van der Waals surface area contributed by atoms with E-state index < -0.39 is 0 Å². The molecule has 0 bridgehead atoms. The Morgan fingerprint density at radius 1 is 0.706 bits per heavy atom. The molecule has 0 saturated heterocycles. The van der Waals surface area contributed by atoms with E-state index >= 15 is 0 Å². The highest BCUT2D eigenvalue weighted by atomic mass is 16.3. The van der Waals surface area contributed by atoms with Crippen molar-refractivity contribution in [2.75, 3.05) is 0 Å². The third-order valence-corrected chi connectivity index (χ3v) is 6.47. The highest BCUT2D eigenvalue weighted by Gasteiger charge is 2.18. The van der Waals surface area contributed by atoms with Gasteiger partial charge in [0.05, 0.1) is 28.4 Å². The summed E-state index contributed by atoms with van der Waals surface area (Å²) in [6.45, 7) is 0. The molecule has 0 radical (unpaired) electrons. The van der Waals surface area contributed by atoms with Crippen molar-refractivity contribution in [2.45, 2.75) is 0 Å². The predicted octanol–water partition coefficient (Wildman–Crippen LogP) is 7.62. The number of hydrogen-bond donors (Lipinski definition) is 0. The fourth-order valence-corrected chi connectivity index (χ4v) is 5.01. The summed E-state index contributed by atoms with van der Waals surface area (Å²) >= 11 is 0. The molecule has 0 unspecified atom stereocenters. The number of furan rings is 1. The van der Waals surface area contributed by atoms with Crippen LogP contribution in [0.4, 0.5) is 0 Å². The SMILES string of the molecule is N#Cc1ccnc(-c2cccc(-n3c4ccccc4c4c5c(ccc43)oc3ccccc35)c2)c1. The average molecular weight is 435 g/mol. The number of pyridine rings is 1. The Morgan fingerprint density at radius 3 is 2.47 bits per heavy atom. The summed E-state index contributed by atoms with van der Waals surface area (Å²) in [7, 11) is 0. The van der Waals surface area contributed by atoms with Gasteiger partial charge in [-0.3, -0.25) is 4.98 Å². The van der Waals surface area contributed by atoms with Gasteiger partial charge in [-0.05, 0) is 48.5 Å². The molecule has 0 aliphatic rings. The minimum atomic E-state index is 0.599. The highest BCUT2D eigenvalue weighted by molar-refractivity contribution is 6.27. The Balaban J connectivity index is 1.57. The number of nitrogens with zero attached hydrogens (tertiary/aromatic N) is 3. The molecule has 0 aliphatic carbocycles. The molecule has 3 aromatic heterocycles. The Morgan fingerprint density at radius 2 is 1.56 bits per heavy atom. The molecule has 7 aromatic rings. The second kappa shape index (κ2) is 7.06. The molecule has 0 N–H and O–H groups in total. The van der Waals surface area contributed by atoms with Crippen LogP contribution in [-0.4, -0.2) is 9.55 Å². The van der Waals surface area contributed by atoms with Crippen molar-refractivity contribution in [3.63, 3.8) is 0 Å². The van der Waals surface area contributed by atoms with Crippen LogP contribution in [0.3, 0.4) is 0 Å². The van der Waals surface area contributed by atoms with Gasteiger partial charge >= 0.3 is 0 Å². The fourth-order valence-electron chi connectivity index (χ4n) is 5.01. The zero-order valence-electron chi connectivity index (χ0n) is 18.1. The van der Waals surface area contributed by atoms with Gasteiger partial charge in [0.15, 0.2) is 0 Å². The smallest absolute Gasteiger partial charge is 0.136 e. The molecule has 0 amide bonds. The van der Waals surface area contributed by atoms with Crippen LogP contribution in [0.2, 0.25) is 0 Å². The summed E-state index contributed by atoms with van der Waals surface area (Å²) in [5.74, 6) is 0. The predicted molar refractivity (Wildman–Crippen MR) is 136 cm³/mol. The minimum Gasteiger partial charge on any atom is -0.456 e. The normalized spacial score (nSPS) is 11.5. The first-order valence-corrected chi connectivity index (χ1v) is 11.1. The van der Waals surface area contributed by atoms with E-state index in [4.69, 9.17) is 4.42 Å². The summed E-state index contributed by atoms with van der Waals surface area (Å²) in [6, 6.07) is 35.0. The van der Waals surface area contributed by atoms with Crippen LogP contribution in [0.1, 0.15) is 5.56 Å². The summed E-state index contributed by atoms with van der Waals surface area (Å²) in [5, 5.41) is 13.9. The van der Waals surface area contributed by atoms with Crippen LogP contribution in [-0.2, 0) is 0 Å². The van der Waals surface area contributed by atoms with Crippen molar-refractivity contribution in [1.82, 2.24) is 9.55 Å². The van der Waals surface area contributed by atoms with Gasteiger partial charge in [0.25, 0.3) is 0 Å². The number of nitriles is 1. The fraction of sp³-hybridized carbons (Fsp3) is 0. The van der Waals surface area contributed by atoms with E-state index in [1.165, 1.54) is 10.8 Å². The van der Waals surface area contributed by atoms with E-state index in [-0.39, 0.29) is 0 Å². The van der Waals surface area contributed by atoms with E-state index in [9.17, 15) is 5.26 Å². The molecule has 4 heteroatoms. The molecule has 0 saturated carbocycles. The van der Waals surface area contributed by atoms with Gasteiger partial charge < -0.3 is 8.98 Å². The van der Waals surface area contributed by atoms with Crippen molar-refractivity contribution in [3.8, 4) is 23.0 Å². The van der Waals surface area contributed by atoms with Gasteiger partial charge in [0.2, 0.25) is 0 Å². The zero-order chi connectivity index (χ0) is 22.6. The third-order valence-electron chi connectivity index (χ3n) is 6.47. The van der Waals surface area contributed by atoms with E-state index in [2.05, 4.69) is 76.3 Å². The van der Waals surface area contributed by atoms with E-state index in [0.29, 0.717) is 5.56 Å². The lowest BCUT2D eigenvalue weighted by Gasteiger charge is -2.10. The van der Waals surface area contributed by atoms with Gasteiger partial charge in [-0.1, -0.05) is 48.5 Å². The van der Waals surface area contributed by atoms with Gasteiger partial charge in [-0.2, -0.15) is 5.26 Å². The first-order valence-electron chi connectivity index (χ1n) is 11.1. The van der Waals surface area contributed by atoms with E-state index in [1.54, 1.807) is 12.3 Å². The molecule has 3 heterocycles. The molecule has 0 spiro atoms. The van der Waals surface area contributed by atoms with Gasteiger partial charge in [0.1, 0.15) is 11.2 Å². The number of benzene rings is 4. The van der Waals surface area contributed by atoms with Crippen molar-refractivity contribution < 1.29 is 4.42 Å². The maximum atomic E-state index is 9.30. The molecule has 0 aliphatic heterocycles. The number of aromatic nitrogens is 2. The largest absolute Gasteiger partial charge is 0.456 e. The van der Waals surface area contributed by atoms with Crippen LogP contribution < -0.4 is 0 Å². The molecular weight excluding hydrogens is 418 g/mol. The molecule has 7 rings (SSSR count). The number of rotatable bonds is 2. The first kappa shape index (κ1) is 18.7. The van der Waals surface area contributed by atoms with E-state index in [1.807, 2.05) is 30.3 Å². The number of para-hydroxylation sites is 2. The van der Waals surface area contributed by atoms with Crippen molar-refractivity contribution in [3.05, 3.63) is 109 Å². The lowest BCUT2D eigenvalue weighted by atomic mass is 10.1. The average Bonchev–Trinajstić information content (AvgIpc) is 3.44. The molecule has 34 heavy (non-hydrogen) atoms. The maximum Gasteiger partial charge on any atom is 0.136 e. The van der Waals surface area contributed by atoms with Crippen molar-refractivity contribution in [2.24, 2.45) is 0 Å². The van der Waals surface area contributed by atoms with E-state index in [0.717, 1.165) is 49.9 Å². The van der Waals surface area contributed by atoms with Crippen LogP contribution in [0.5, 0.6) is 0 Å². The summed E-state index contributed by atoms with van der Waals surface area (Å²) < 4.78 is 8.47. The molecular formula is C30H17N3O. The van der Waals surface area contributed by atoms with Crippen LogP contribution in [0, 0.1) is 11.3 Å². The van der Waals surface area contributed by atoms with Crippen LogP contribution in [0.15, 0.2) is 108 Å². The second-order valence-electron chi connectivity index (χ2n) is 8.38. The quantitative estimate of drug-likeness (QED) is 0.281. The summed E-state index contributed by atoms with van der Waals surface area (Å²) in [6.07, 6.45) is 1.68. The monoisotopic (exact) mass is 435 g/mol.